The van der Waals surface area contributed by atoms with Crippen molar-refractivity contribution in [1.29, 1.82) is 0 Å². The SMILES string of the molecule is CCCCCN1C(=O)C2(COc3cc4c(cc32)OCO4)c2c(Nc3ccc(OC)nc3)cccc21. The highest BCUT2D eigenvalue weighted by atomic mass is 16.7. The van der Waals surface area contributed by atoms with E-state index in [1.54, 1.807) is 19.4 Å². The fourth-order valence-corrected chi connectivity index (χ4v) is 5.26. The summed E-state index contributed by atoms with van der Waals surface area (Å²) in [5.41, 5.74) is 3.31. The summed E-state index contributed by atoms with van der Waals surface area (Å²) >= 11 is 0. The number of aromatic nitrogens is 1. The van der Waals surface area contributed by atoms with Crippen LogP contribution in [-0.4, -0.2) is 37.9 Å². The molecular formula is C27H27N3O5. The molecule has 0 bridgehead atoms. The van der Waals surface area contributed by atoms with E-state index in [2.05, 4.69) is 17.2 Å². The predicted octanol–water partition coefficient (Wildman–Crippen LogP) is 4.78. The Hall–Kier alpha value is -3.94. The van der Waals surface area contributed by atoms with E-state index in [4.69, 9.17) is 18.9 Å². The van der Waals surface area contributed by atoms with Crippen LogP contribution in [0.1, 0.15) is 37.3 Å². The second-order valence-corrected chi connectivity index (χ2v) is 8.97. The third-order valence-electron chi connectivity index (χ3n) is 6.96. The summed E-state index contributed by atoms with van der Waals surface area (Å²) in [5.74, 6) is 2.50. The third-order valence-corrected chi connectivity index (χ3v) is 6.96. The summed E-state index contributed by atoms with van der Waals surface area (Å²) in [4.78, 5) is 20.5. The van der Waals surface area contributed by atoms with Gasteiger partial charge in [0.05, 0.1) is 24.7 Å². The Balaban J connectivity index is 1.49. The van der Waals surface area contributed by atoms with Crippen LogP contribution in [0.2, 0.25) is 0 Å². The van der Waals surface area contributed by atoms with Gasteiger partial charge in [0.25, 0.3) is 0 Å². The molecule has 1 amide bonds. The van der Waals surface area contributed by atoms with E-state index in [1.807, 2.05) is 41.3 Å². The largest absolute Gasteiger partial charge is 0.491 e. The van der Waals surface area contributed by atoms with Gasteiger partial charge in [-0.25, -0.2) is 4.98 Å². The minimum Gasteiger partial charge on any atom is -0.491 e. The number of pyridine rings is 1. The molecule has 1 unspecified atom stereocenters. The van der Waals surface area contributed by atoms with Crippen LogP contribution in [0, 0.1) is 0 Å². The zero-order valence-corrected chi connectivity index (χ0v) is 19.8. The van der Waals surface area contributed by atoms with Crippen LogP contribution in [0.5, 0.6) is 23.1 Å². The lowest BCUT2D eigenvalue weighted by atomic mass is 9.76. The molecule has 1 spiro atoms. The molecule has 6 rings (SSSR count). The first-order chi connectivity index (χ1) is 17.2. The Kier molecular flexibility index (Phi) is 5.16. The number of fused-ring (bicyclic) bond motifs is 5. The molecule has 2 aromatic carbocycles. The Bertz CT molecular complexity index is 1290. The second kappa shape index (κ2) is 8.37. The monoisotopic (exact) mass is 473 g/mol. The number of hydrogen-bond acceptors (Lipinski definition) is 7. The van der Waals surface area contributed by atoms with E-state index in [0.717, 1.165) is 47.5 Å². The maximum Gasteiger partial charge on any atom is 0.245 e. The van der Waals surface area contributed by atoms with E-state index in [0.29, 0.717) is 29.7 Å². The average Bonchev–Trinajstić information content (AvgIpc) is 3.56. The number of carbonyl (C=O) groups excluding carboxylic acids is 1. The maximum absolute atomic E-state index is 14.2. The molecule has 4 heterocycles. The van der Waals surface area contributed by atoms with Crippen LogP contribution >= 0.6 is 0 Å². The van der Waals surface area contributed by atoms with E-state index in [9.17, 15) is 4.79 Å². The maximum atomic E-state index is 14.2. The van der Waals surface area contributed by atoms with E-state index in [1.165, 1.54) is 0 Å². The van der Waals surface area contributed by atoms with Crippen molar-refractivity contribution in [2.75, 3.05) is 37.3 Å². The molecule has 1 atom stereocenters. The molecule has 8 heteroatoms. The van der Waals surface area contributed by atoms with Crippen LogP contribution < -0.4 is 29.2 Å². The van der Waals surface area contributed by atoms with Crippen molar-refractivity contribution < 1.29 is 23.7 Å². The summed E-state index contributed by atoms with van der Waals surface area (Å²) in [6.07, 6.45) is 4.80. The summed E-state index contributed by atoms with van der Waals surface area (Å²) in [5, 5.41) is 3.49. The van der Waals surface area contributed by atoms with Crippen molar-refractivity contribution in [1.82, 2.24) is 4.98 Å². The molecule has 0 saturated heterocycles. The van der Waals surface area contributed by atoms with Gasteiger partial charge >= 0.3 is 0 Å². The number of nitrogens with zero attached hydrogens (tertiary/aromatic N) is 2. The van der Waals surface area contributed by atoms with Crippen molar-refractivity contribution in [3.05, 3.63) is 59.8 Å². The normalized spacial score (nSPS) is 19.0. The van der Waals surface area contributed by atoms with E-state index < -0.39 is 5.41 Å². The van der Waals surface area contributed by atoms with Crippen LogP contribution in [0.15, 0.2) is 48.7 Å². The lowest BCUT2D eigenvalue weighted by Crippen LogP contribution is -2.43. The number of ether oxygens (including phenoxy) is 4. The Morgan fingerprint density at radius 1 is 1.09 bits per heavy atom. The van der Waals surface area contributed by atoms with Crippen LogP contribution in [0.25, 0.3) is 0 Å². The molecule has 35 heavy (non-hydrogen) atoms. The van der Waals surface area contributed by atoms with Gasteiger partial charge in [-0.3, -0.25) is 4.79 Å². The lowest BCUT2D eigenvalue weighted by molar-refractivity contribution is -0.122. The number of methoxy groups -OCH3 is 1. The molecular weight excluding hydrogens is 446 g/mol. The molecule has 8 nitrogen and oxygen atoms in total. The van der Waals surface area contributed by atoms with Gasteiger partial charge in [0, 0.05) is 35.5 Å². The smallest absolute Gasteiger partial charge is 0.245 e. The molecule has 3 aliphatic rings. The number of unbranched alkanes of at least 4 members (excludes halogenated alkanes) is 2. The van der Waals surface area contributed by atoms with Crippen LogP contribution in [0.4, 0.5) is 17.1 Å². The number of benzene rings is 2. The Labute approximate surface area is 203 Å². The van der Waals surface area contributed by atoms with Gasteiger partial charge in [0.2, 0.25) is 18.6 Å². The van der Waals surface area contributed by atoms with Crippen LogP contribution in [-0.2, 0) is 10.2 Å². The highest BCUT2D eigenvalue weighted by molar-refractivity contribution is 6.13. The molecule has 0 radical (unpaired) electrons. The molecule has 180 valence electrons. The number of anilines is 3. The third kappa shape index (κ3) is 3.27. The summed E-state index contributed by atoms with van der Waals surface area (Å²) < 4.78 is 22.6. The van der Waals surface area contributed by atoms with Crippen molar-refractivity contribution in [3.8, 4) is 23.1 Å². The second-order valence-electron chi connectivity index (χ2n) is 8.97. The summed E-state index contributed by atoms with van der Waals surface area (Å²) in [6, 6.07) is 13.5. The first-order valence-electron chi connectivity index (χ1n) is 11.9. The van der Waals surface area contributed by atoms with Gasteiger partial charge in [-0.1, -0.05) is 25.8 Å². The number of amides is 1. The zero-order chi connectivity index (χ0) is 24.0. The van der Waals surface area contributed by atoms with Crippen molar-refractivity contribution in [2.24, 2.45) is 0 Å². The summed E-state index contributed by atoms with van der Waals surface area (Å²) in [6.45, 7) is 3.21. The molecule has 1 N–H and O–H groups in total. The predicted molar refractivity (Wildman–Crippen MR) is 131 cm³/mol. The lowest BCUT2D eigenvalue weighted by Gasteiger charge is -2.24. The topological polar surface area (TPSA) is 82.2 Å². The number of nitrogens with one attached hydrogen (secondary N) is 1. The van der Waals surface area contributed by atoms with E-state index >= 15 is 0 Å². The van der Waals surface area contributed by atoms with Gasteiger partial charge in [-0.15, -0.1) is 0 Å². The van der Waals surface area contributed by atoms with Crippen molar-refractivity contribution in [2.45, 2.75) is 31.6 Å². The van der Waals surface area contributed by atoms with Crippen molar-refractivity contribution in [3.63, 3.8) is 0 Å². The molecule has 0 saturated carbocycles. The number of carbonyl (C=O) groups is 1. The fourth-order valence-electron chi connectivity index (χ4n) is 5.26. The first-order valence-corrected chi connectivity index (χ1v) is 11.9. The Morgan fingerprint density at radius 2 is 1.94 bits per heavy atom. The Morgan fingerprint density at radius 3 is 2.71 bits per heavy atom. The van der Waals surface area contributed by atoms with Gasteiger partial charge in [0.15, 0.2) is 11.5 Å². The molecule has 1 aromatic heterocycles. The standard InChI is InChI=1S/C27H27N3O5/c1-3-4-5-11-30-20-8-6-7-19(29-17-9-10-24(32-2)28-14-17)25(20)27(26(30)31)15-33-21-13-23-22(12-18(21)27)34-16-35-23/h6-10,12-14,29H,3-5,11,15-16H2,1-2H3. The average molecular weight is 474 g/mol. The molecule has 0 aliphatic carbocycles. The van der Waals surface area contributed by atoms with Crippen molar-refractivity contribution >= 4 is 23.0 Å². The zero-order valence-electron chi connectivity index (χ0n) is 19.8. The van der Waals surface area contributed by atoms with Gasteiger partial charge in [-0.2, -0.15) is 0 Å². The minimum atomic E-state index is -0.971. The highest BCUT2D eigenvalue weighted by Gasteiger charge is 2.58. The summed E-state index contributed by atoms with van der Waals surface area (Å²) in [7, 11) is 1.59. The van der Waals surface area contributed by atoms with Crippen LogP contribution in [0.3, 0.4) is 0 Å². The number of hydrogen-bond donors (Lipinski definition) is 1. The number of rotatable bonds is 7. The fraction of sp³-hybridized carbons (Fsp3) is 0.333. The van der Waals surface area contributed by atoms with Gasteiger partial charge in [0.1, 0.15) is 17.8 Å². The molecule has 3 aliphatic heterocycles. The molecule has 3 aromatic rings. The van der Waals surface area contributed by atoms with Gasteiger partial charge in [-0.05, 0) is 30.7 Å². The first kappa shape index (κ1) is 21.6. The highest BCUT2D eigenvalue weighted by Crippen LogP contribution is 2.57. The minimum absolute atomic E-state index is 0.0309. The van der Waals surface area contributed by atoms with E-state index in [-0.39, 0.29) is 19.3 Å². The quantitative estimate of drug-likeness (QED) is 0.495. The molecule has 0 fully saturated rings. The van der Waals surface area contributed by atoms with Gasteiger partial charge < -0.3 is 29.2 Å².